The molecule has 0 bridgehead atoms. The Labute approximate surface area is 95.5 Å². The van der Waals surface area contributed by atoms with Crippen molar-refractivity contribution in [3.8, 4) is 0 Å². The van der Waals surface area contributed by atoms with Gasteiger partial charge in [0.15, 0.2) is 0 Å². The molecule has 86 valence electrons. The van der Waals surface area contributed by atoms with Gasteiger partial charge in [0.1, 0.15) is 5.69 Å². The van der Waals surface area contributed by atoms with Crippen molar-refractivity contribution in [1.29, 1.82) is 0 Å². The first-order chi connectivity index (χ1) is 8.18. The maximum absolute atomic E-state index is 11.6. The highest BCUT2D eigenvalue weighted by molar-refractivity contribution is 5.78. The van der Waals surface area contributed by atoms with Crippen LogP contribution in [-0.2, 0) is 0 Å². The van der Waals surface area contributed by atoms with Gasteiger partial charge in [-0.1, -0.05) is 6.07 Å². The number of nitrogens with one attached hydrogen (secondary N) is 1. The lowest BCUT2D eigenvalue weighted by Gasteiger charge is -1.96. The van der Waals surface area contributed by atoms with E-state index in [4.69, 9.17) is 0 Å². The Morgan fingerprint density at radius 3 is 3.00 bits per heavy atom. The molecule has 0 amide bonds. The molecule has 0 saturated heterocycles. The molecule has 2 rings (SSSR count). The van der Waals surface area contributed by atoms with Crippen LogP contribution in [0.2, 0.25) is 0 Å². The van der Waals surface area contributed by atoms with Gasteiger partial charge in [-0.05, 0) is 13.0 Å². The average molecular weight is 231 g/mol. The van der Waals surface area contributed by atoms with Crippen LogP contribution in [0.15, 0.2) is 39.2 Å². The standard InChI is InChI=1S/C10H9N5O2/c1-7-9(16)15(10(17)14-13-7)12-6-8-3-2-4-11-5-8/h2-6H,1H3,(H,14,17)/b12-6+. The lowest BCUT2D eigenvalue weighted by Crippen LogP contribution is -2.35. The Morgan fingerprint density at radius 2 is 2.29 bits per heavy atom. The fourth-order valence-corrected chi connectivity index (χ4v) is 1.15. The van der Waals surface area contributed by atoms with Crippen LogP contribution in [0.4, 0.5) is 0 Å². The third-order valence-electron chi connectivity index (χ3n) is 2.02. The zero-order valence-corrected chi connectivity index (χ0v) is 8.99. The maximum atomic E-state index is 11.6. The highest BCUT2D eigenvalue weighted by atomic mass is 16.2. The molecular weight excluding hydrogens is 222 g/mol. The zero-order valence-electron chi connectivity index (χ0n) is 8.99. The van der Waals surface area contributed by atoms with E-state index in [0.717, 1.165) is 4.68 Å². The summed E-state index contributed by atoms with van der Waals surface area (Å²) in [6, 6.07) is 3.48. The van der Waals surface area contributed by atoms with Crippen molar-refractivity contribution >= 4 is 6.21 Å². The Bertz CT molecular complexity index is 656. The largest absolute Gasteiger partial charge is 0.365 e. The van der Waals surface area contributed by atoms with Crippen LogP contribution >= 0.6 is 0 Å². The molecule has 0 radical (unpaired) electrons. The molecule has 0 aliphatic heterocycles. The number of rotatable bonds is 2. The van der Waals surface area contributed by atoms with E-state index in [9.17, 15) is 9.59 Å². The van der Waals surface area contributed by atoms with Gasteiger partial charge in [0.25, 0.3) is 5.56 Å². The second-order valence-electron chi connectivity index (χ2n) is 3.26. The molecular formula is C10H9N5O2. The number of aryl methyl sites for hydroxylation is 1. The summed E-state index contributed by atoms with van der Waals surface area (Å²) >= 11 is 0. The predicted octanol–water partition coefficient (Wildman–Crippen LogP) is -0.483. The molecule has 0 spiro atoms. The van der Waals surface area contributed by atoms with Crippen LogP contribution in [0.5, 0.6) is 0 Å². The maximum Gasteiger partial charge on any atom is 0.365 e. The number of pyridine rings is 1. The Hall–Kier alpha value is -2.57. The topological polar surface area (TPSA) is 93.0 Å². The van der Waals surface area contributed by atoms with Gasteiger partial charge in [0.2, 0.25) is 0 Å². The molecule has 0 aromatic carbocycles. The molecule has 2 aromatic rings. The first-order valence-corrected chi connectivity index (χ1v) is 4.81. The summed E-state index contributed by atoms with van der Waals surface area (Å²) in [7, 11) is 0. The Kier molecular flexibility index (Phi) is 2.91. The van der Waals surface area contributed by atoms with Crippen LogP contribution in [-0.4, -0.2) is 26.1 Å². The van der Waals surface area contributed by atoms with Crippen molar-refractivity contribution < 1.29 is 0 Å². The fourth-order valence-electron chi connectivity index (χ4n) is 1.15. The van der Waals surface area contributed by atoms with Gasteiger partial charge in [-0.15, -0.1) is 4.68 Å². The van der Waals surface area contributed by atoms with Crippen molar-refractivity contribution in [3.63, 3.8) is 0 Å². The van der Waals surface area contributed by atoms with E-state index in [1.165, 1.54) is 13.1 Å². The van der Waals surface area contributed by atoms with Crippen molar-refractivity contribution in [1.82, 2.24) is 19.9 Å². The number of hydrogen-bond acceptors (Lipinski definition) is 5. The third-order valence-corrected chi connectivity index (χ3v) is 2.02. The van der Waals surface area contributed by atoms with E-state index >= 15 is 0 Å². The Balaban J connectivity index is 2.44. The fraction of sp³-hybridized carbons (Fsp3) is 0.100. The molecule has 0 fully saturated rings. The van der Waals surface area contributed by atoms with E-state index in [1.54, 1.807) is 24.5 Å². The van der Waals surface area contributed by atoms with Crippen LogP contribution in [0.25, 0.3) is 0 Å². The summed E-state index contributed by atoms with van der Waals surface area (Å²) in [6.07, 6.45) is 4.56. The van der Waals surface area contributed by atoms with Crippen LogP contribution in [0, 0.1) is 6.92 Å². The summed E-state index contributed by atoms with van der Waals surface area (Å²) in [5.74, 6) is 0. The van der Waals surface area contributed by atoms with Crippen molar-refractivity contribution in [3.05, 3.63) is 56.6 Å². The second kappa shape index (κ2) is 4.52. The van der Waals surface area contributed by atoms with Gasteiger partial charge >= 0.3 is 5.69 Å². The van der Waals surface area contributed by atoms with Gasteiger partial charge < -0.3 is 0 Å². The quantitative estimate of drug-likeness (QED) is 0.706. The van der Waals surface area contributed by atoms with Crippen LogP contribution in [0.1, 0.15) is 11.3 Å². The smallest absolute Gasteiger partial charge is 0.265 e. The SMILES string of the molecule is Cc1n[nH]c(=O)n(/N=C/c2cccnc2)c1=O. The molecule has 2 heterocycles. The number of aromatic amines is 1. The van der Waals surface area contributed by atoms with Gasteiger partial charge in [0, 0.05) is 18.0 Å². The number of hydrogen-bond donors (Lipinski definition) is 1. The molecule has 0 aliphatic carbocycles. The minimum atomic E-state index is -0.680. The highest BCUT2D eigenvalue weighted by Gasteiger charge is 2.02. The molecule has 2 aromatic heterocycles. The van der Waals surface area contributed by atoms with Crippen molar-refractivity contribution in [2.75, 3.05) is 0 Å². The first-order valence-electron chi connectivity index (χ1n) is 4.81. The molecule has 0 unspecified atom stereocenters. The molecule has 0 atom stereocenters. The molecule has 7 nitrogen and oxygen atoms in total. The summed E-state index contributed by atoms with van der Waals surface area (Å²) in [5, 5.41) is 9.50. The van der Waals surface area contributed by atoms with Crippen molar-refractivity contribution in [2.45, 2.75) is 6.92 Å². The van der Waals surface area contributed by atoms with Crippen LogP contribution < -0.4 is 11.2 Å². The summed E-state index contributed by atoms with van der Waals surface area (Å²) in [5.41, 5.74) is -0.365. The van der Waals surface area contributed by atoms with Gasteiger partial charge in [0.05, 0.1) is 6.21 Å². The van der Waals surface area contributed by atoms with E-state index < -0.39 is 11.2 Å². The molecule has 0 aliphatic rings. The summed E-state index contributed by atoms with van der Waals surface area (Å²) in [6.45, 7) is 1.49. The van der Waals surface area contributed by atoms with Gasteiger partial charge in [-0.3, -0.25) is 9.78 Å². The zero-order chi connectivity index (χ0) is 12.3. The monoisotopic (exact) mass is 231 g/mol. The van der Waals surface area contributed by atoms with E-state index in [2.05, 4.69) is 20.3 Å². The molecule has 17 heavy (non-hydrogen) atoms. The molecule has 0 saturated carbocycles. The predicted molar refractivity (Wildman–Crippen MR) is 61.1 cm³/mol. The highest BCUT2D eigenvalue weighted by Crippen LogP contribution is 1.90. The average Bonchev–Trinajstić information content (AvgIpc) is 2.35. The lowest BCUT2D eigenvalue weighted by atomic mass is 10.3. The van der Waals surface area contributed by atoms with Gasteiger partial charge in [-0.25, -0.2) is 9.89 Å². The first kappa shape index (κ1) is 10.9. The van der Waals surface area contributed by atoms with E-state index in [-0.39, 0.29) is 5.69 Å². The minimum absolute atomic E-state index is 0.174. The minimum Gasteiger partial charge on any atom is -0.265 e. The normalized spacial score (nSPS) is 10.9. The summed E-state index contributed by atoms with van der Waals surface area (Å²) < 4.78 is 0.718. The number of nitrogens with zero attached hydrogens (tertiary/aromatic N) is 4. The third kappa shape index (κ3) is 2.33. The molecule has 1 N–H and O–H groups in total. The molecule has 7 heteroatoms. The second-order valence-corrected chi connectivity index (χ2v) is 3.26. The Morgan fingerprint density at radius 1 is 1.47 bits per heavy atom. The van der Waals surface area contributed by atoms with E-state index in [1.807, 2.05) is 0 Å². The number of aromatic nitrogens is 4. The number of H-pyrrole nitrogens is 1. The summed E-state index contributed by atoms with van der Waals surface area (Å²) in [4.78, 5) is 26.8. The van der Waals surface area contributed by atoms with Crippen molar-refractivity contribution in [2.24, 2.45) is 5.10 Å². The lowest BCUT2D eigenvalue weighted by molar-refractivity contribution is 0.694. The van der Waals surface area contributed by atoms with E-state index in [0.29, 0.717) is 5.56 Å². The van der Waals surface area contributed by atoms with Gasteiger partial charge in [-0.2, -0.15) is 10.2 Å². The van der Waals surface area contributed by atoms with Crippen LogP contribution in [0.3, 0.4) is 0 Å².